The van der Waals surface area contributed by atoms with E-state index in [-0.39, 0.29) is 18.3 Å². The van der Waals surface area contributed by atoms with E-state index in [9.17, 15) is 9.90 Å². The lowest BCUT2D eigenvalue weighted by molar-refractivity contribution is -0.123. The molecule has 0 saturated heterocycles. The first kappa shape index (κ1) is 19.7. The Labute approximate surface area is 170 Å². The second-order valence-corrected chi connectivity index (χ2v) is 6.70. The molecule has 0 unspecified atom stereocenters. The summed E-state index contributed by atoms with van der Waals surface area (Å²) in [6.07, 6.45) is 1.46. The monoisotopic (exact) mass is 442 g/mol. The van der Waals surface area contributed by atoms with E-state index in [1.165, 1.54) is 6.21 Å². The van der Waals surface area contributed by atoms with Gasteiger partial charge in [-0.3, -0.25) is 4.79 Å². The number of amides is 1. The van der Waals surface area contributed by atoms with Gasteiger partial charge in [0.25, 0.3) is 5.91 Å². The second kappa shape index (κ2) is 9.23. The number of ether oxygens (including phenoxy) is 2. The summed E-state index contributed by atoms with van der Waals surface area (Å²) in [5, 5.41) is 15.8. The molecule has 0 spiro atoms. The van der Waals surface area contributed by atoms with Gasteiger partial charge in [-0.1, -0.05) is 36.4 Å². The molecule has 144 valence electrons. The van der Waals surface area contributed by atoms with Crippen molar-refractivity contribution >= 4 is 38.8 Å². The van der Waals surface area contributed by atoms with Crippen LogP contribution in [-0.4, -0.2) is 30.4 Å². The average Bonchev–Trinajstić information content (AvgIpc) is 2.70. The van der Waals surface area contributed by atoms with Gasteiger partial charge in [0.15, 0.2) is 18.1 Å². The van der Waals surface area contributed by atoms with Crippen molar-refractivity contribution in [3.8, 4) is 17.2 Å². The molecule has 2 N–H and O–H groups in total. The van der Waals surface area contributed by atoms with Gasteiger partial charge in [0.1, 0.15) is 5.75 Å². The number of phenolic OH excluding ortho intramolecular Hbond substituents is 1. The van der Waals surface area contributed by atoms with E-state index in [1.807, 2.05) is 49.4 Å². The molecule has 0 aliphatic rings. The van der Waals surface area contributed by atoms with Gasteiger partial charge in [0.2, 0.25) is 0 Å². The average molecular weight is 443 g/mol. The molecular weight excluding hydrogens is 424 g/mol. The van der Waals surface area contributed by atoms with Gasteiger partial charge >= 0.3 is 0 Å². The van der Waals surface area contributed by atoms with Crippen molar-refractivity contribution in [2.45, 2.75) is 6.92 Å². The van der Waals surface area contributed by atoms with Crippen LogP contribution in [0.15, 0.2) is 64.2 Å². The minimum absolute atomic E-state index is 0.0199. The Morgan fingerprint density at radius 1 is 1.14 bits per heavy atom. The number of halogens is 1. The zero-order valence-electron chi connectivity index (χ0n) is 15.2. The highest BCUT2D eigenvalue weighted by molar-refractivity contribution is 9.10. The highest BCUT2D eigenvalue weighted by atomic mass is 79.9. The summed E-state index contributed by atoms with van der Waals surface area (Å²) in [5.41, 5.74) is 3.08. The summed E-state index contributed by atoms with van der Waals surface area (Å²) in [4.78, 5) is 12.0. The van der Waals surface area contributed by atoms with Crippen molar-refractivity contribution in [2.75, 3.05) is 13.2 Å². The van der Waals surface area contributed by atoms with Gasteiger partial charge in [0, 0.05) is 5.39 Å². The number of fused-ring (bicyclic) bond motifs is 1. The Morgan fingerprint density at radius 2 is 1.93 bits per heavy atom. The molecule has 3 aromatic rings. The van der Waals surface area contributed by atoms with Crippen molar-refractivity contribution in [3.05, 3.63) is 64.6 Å². The van der Waals surface area contributed by atoms with Gasteiger partial charge in [-0.2, -0.15) is 5.10 Å². The number of aromatic hydroxyl groups is 1. The van der Waals surface area contributed by atoms with Gasteiger partial charge in [-0.05, 0) is 52.0 Å². The minimum atomic E-state index is -0.382. The molecule has 7 heteroatoms. The van der Waals surface area contributed by atoms with E-state index < -0.39 is 0 Å². The lowest BCUT2D eigenvalue weighted by atomic mass is 10.1. The van der Waals surface area contributed by atoms with Crippen LogP contribution in [0.4, 0.5) is 0 Å². The number of hydrogen-bond acceptors (Lipinski definition) is 5. The molecule has 0 aromatic heterocycles. The summed E-state index contributed by atoms with van der Waals surface area (Å²) >= 11 is 3.26. The Hall–Kier alpha value is -3.06. The molecule has 0 heterocycles. The van der Waals surface area contributed by atoms with Crippen LogP contribution < -0.4 is 14.9 Å². The van der Waals surface area contributed by atoms with Crippen LogP contribution in [0.2, 0.25) is 0 Å². The highest BCUT2D eigenvalue weighted by Gasteiger charge is 2.09. The Bertz CT molecular complexity index is 1020. The molecule has 28 heavy (non-hydrogen) atoms. The number of hydrogen-bond donors (Lipinski definition) is 2. The fraction of sp³-hybridized carbons (Fsp3) is 0.143. The molecule has 0 fully saturated rings. The second-order valence-electron chi connectivity index (χ2n) is 5.84. The third kappa shape index (κ3) is 4.80. The molecule has 3 aromatic carbocycles. The highest BCUT2D eigenvalue weighted by Crippen LogP contribution is 2.35. The van der Waals surface area contributed by atoms with Crippen LogP contribution in [0.3, 0.4) is 0 Å². The first-order valence-corrected chi connectivity index (χ1v) is 9.45. The first-order valence-electron chi connectivity index (χ1n) is 8.66. The lowest BCUT2D eigenvalue weighted by Gasteiger charge is -2.09. The van der Waals surface area contributed by atoms with Crippen LogP contribution in [0.5, 0.6) is 17.2 Å². The molecule has 3 rings (SSSR count). The Balaban J connectivity index is 1.60. The zero-order valence-corrected chi connectivity index (χ0v) is 16.8. The number of carbonyl (C=O) groups is 1. The van der Waals surface area contributed by atoms with Gasteiger partial charge in [-0.15, -0.1) is 0 Å². The van der Waals surface area contributed by atoms with E-state index >= 15 is 0 Å². The summed E-state index contributed by atoms with van der Waals surface area (Å²) in [7, 11) is 0. The predicted octanol–water partition coefficient (Wildman–Crippen LogP) is 4.24. The molecular formula is C21H19BrN2O4. The third-order valence-electron chi connectivity index (χ3n) is 3.86. The molecule has 0 bridgehead atoms. The van der Waals surface area contributed by atoms with Crippen LogP contribution in [0, 0.1) is 0 Å². The van der Waals surface area contributed by atoms with Crippen molar-refractivity contribution in [1.29, 1.82) is 0 Å². The first-order chi connectivity index (χ1) is 13.6. The SMILES string of the molecule is CCOc1cc(/C=N/NC(=O)COc2cccc3ccccc23)cc(Br)c1O. The quantitative estimate of drug-likeness (QED) is 0.423. The third-order valence-corrected chi connectivity index (χ3v) is 4.47. The summed E-state index contributed by atoms with van der Waals surface area (Å²) in [6, 6.07) is 16.8. The summed E-state index contributed by atoms with van der Waals surface area (Å²) < 4.78 is 11.5. The summed E-state index contributed by atoms with van der Waals surface area (Å²) in [6.45, 7) is 2.09. The Kier molecular flexibility index (Phi) is 6.49. The molecule has 0 aliphatic carbocycles. The number of rotatable bonds is 7. The Morgan fingerprint density at radius 3 is 2.75 bits per heavy atom. The van der Waals surface area contributed by atoms with E-state index in [4.69, 9.17) is 9.47 Å². The number of hydrazone groups is 1. The van der Waals surface area contributed by atoms with Gasteiger partial charge < -0.3 is 14.6 Å². The zero-order chi connectivity index (χ0) is 19.9. The van der Waals surface area contributed by atoms with Crippen molar-refractivity contribution in [2.24, 2.45) is 5.10 Å². The number of nitrogens with zero attached hydrogens (tertiary/aromatic N) is 1. The number of benzene rings is 3. The van der Waals surface area contributed by atoms with Gasteiger partial charge in [-0.25, -0.2) is 5.43 Å². The predicted molar refractivity (Wildman–Crippen MR) is 112 cm³/mol. The summed E-state index contributed by atoms with van der Waals surface area (Å²) in [5.74, 6) is 0.614. The molecule has 6 nitrogen and oxygen atoms in total. The van der Waals surface area contributed by atoms with E-state index in [0.717, 1.165) is 10.8 Å². The number of nitrogens with one attached hydrogen (secondary N) is 1. The molecule has 0 radical (unpaired) electrons. The van der Waals surface area contributed by atoms with Crippen LogP contribution >= 0.6 is 15.9 Å². The maximum Gasteiger partial charge on any atom is 0.277 e. The standard InChI is InChI=1S/C21H19BrN2O4/c1-2-27-19-11-14(10-17(22)21(19)26)12-23-24-20(25)13-28-18-9-5-7-15-6-3-4-8-16(15)18/h3-12,26H,2,13H2,1H3,(H,24,25)/b23-12+. The van der Waals surface area contributed by atoms with Crippen LogP contribution in [0.1, 0.15) is 12.5 Å². The van der Waals surface area contributed by atoms with E-state index in [1.54, 1.807) is 12.1 Å². The lowest BCUT2D eigenvalue weighted by Crippen LogP contribution is -2.24. The fourth-order valence-electron chi connectivity index (χ4n) is 2.61. The van der Waals surface area contributed by atoms with Crippen molar-refractivity contribution in [1.82, 2.24) is 5.43 Å². The smallest absolute Gasteiger partial charge is 0.277 e. The molecule has 0 aliphatic heterocycles. The maximum atomic E-state index is 12.0. The van der Waals surface area contributed by atoms with Gasteiger partial charge in [0.05, 0.1) is 17.3 Å². The topological polar surface area (TPSA) is 80.2 Å². The molecule has 0 saturated carbocycles. The largest absolute Gasteiger partial charge is 0.503 e. The van der Waals surface area contributed by atoms with E-state index in [0.29, 0.717) is 28.1 Å². The van der Waals surface area contributed by atoms with Crippen LogP contribution in [0.25, 0.3) is 10.8 Å². The molecule has 1 amide bonds. The van der Waals surface area contributed by atoms with Crippen LogP contribution in [-0.2, 0) is 4.79 Å². The molecule has 0 atom stereocenters. The fourth-order valence-corrected chi connectivity index (χ4v) is 3.07. The number of carbonyl (C=O) groups excluding carboxylic acids is 1. The van der Waals surface area contributed by atoms with Crippen molar-refractivity contribution in [3.63, 3.8) is 0 Å². The van der Waals surface area contributed by atoms with Crippen molar-refractivity contribution < 1.29 is 19.4 Å². The number of phenols is 1. The maximum absolute atomic E-state index is 12.0. The normalized spacial score (nSPS) is 10.9. The minimum Gasteiger partial charge on any atom is -0.503 e. The van der Waals surface area contributed by atoms with E-state index in [2.05, 4.69) is 26.5 Å².